The predicted octanol–water partition coefficient (Wildman–Crippen LogP) is -0.616. The number of hydrogen-bond acceptors (Lipinski definition) is 1. The summed E-state index contributed by atoms with van der Waals surface area (Å²) in [5.74, 6) is 0. The normalized spacial score (nSPS) is 11.4. The minimum absolute atomic E-state index is 0. The molecule has 0 spiro atoms. The van der Waals surface area contributed by atoms with E-state index < -0.39 is 0 Å². The van der Waals surface area contributed by atoms with Gasteiger partial charge in [0.25, 0.3) is 0 Å². The van der Waals surface area contributed by atoms with Crippen molar-refractivity contribution in [3.05, 3.63) is 34.9 Å². The largest absolute Gasteiger partial charge is 1.00 e. The lowest BCUT2D eigenvalue weighted by atomic mass is 10.2. The summed E-state index contributed by atoms with van der Waals surface area (Å²) >= 11 is 5.75. The summed E-state index contributed by atoms with van der Waals surface area (Å²) in [6.07, 6.45) is 1.84. The first-order chi connectivity index (χ1) is 5.97. The van der Waals surface area contributed by atoms with Crippen LogP contribution < -0.4 is 24.0 Å². The first kappa shape index (κ1) is 13.9. The monoisotopic (exact) mass is 324 g/mol. The second kappa shape index (κ2) is 5.68. The van der Waals surface area contributed by atoms with Gasteiger partial charge in [0.2, 0.25) is 0 Å². The summed E-state index contributed by atoms with van der Waals surface area (Å²) in [5.41, 5.74) is 1.07. The average Bonchev–Trinajstić information content (AvgIpc) is 2.02. The Labute approximate surface area is 107 Å². The van der Waals surface area contributed by atoms with E-state index in [0.717, 1.165) is 10.6 Å². The van der Waals surface area contributed by atoms with Crippen molar-refractivity contribution in [3.63, 3.8) is 0 Å². The van der Waals surface area contributed by atoms with E-state index in [1.807, 2.05) is 51.6 Å². The number of rotatable bonds is 2. The molecular weight excluding hydrogens is 310 g/mol. The van der Waals surface area contributed by atoms with Gasteiger partial charge in [-0.3, -0.25) is 0 Å². The molecule has 0 atom stereocenters. The quantitative estimate of drug-likeness (QED) is 0.298. The Hall–Kier alpha value is -0.130. The number of halogens is 2. The van der Waals surface area contributed by atoms with Crippen molar-refractivity contribution in [2.45, 2.75) is 0 Å². The molecule has 14 heavy (non-hydrogen) atoms. The number of quaternary nitrogens is 1. The first-order valence-electron chi connectivity index (χ1n) is 4.10. The maximum atomic E-state index is 5.75. The fraction of sp³-hybridized carbons (Fsp3) is 0.300. The van der Waals surface area contributed by atoms with Gasteiger partial charge in [-0.25, -0.2) is 4.59 Å². The van der Waals surface area contributed by atoms with Gasteiger partial charge >= 0.3 is 0 Å². The van der Waals surface area contributed by atoms with E-state index in [0.29, 0.717) is 4.59 Å². The van der Waals surface area contributed by atoms with Crippen molar-refractivity contribution in [1.29, 1.82) is 0 Å². The highest BCUT2D eigenvalue weighted by Crippen LogP contribution is 2.08. The second-order valence-corrected chi connectivity index (χ2v) is 4.17. The van der Waals surface area contributed by atoms with Gasteiger partial charge < -0.3 is 24.0 Å². The van der Waals surface area contributed by atoms with Crippen molar-refractivity contribution in [2.75, 3.05) is 21.1 Å². The van der Waals surface area contributed by atoms with E-state index in [9.17, 15) is 0 Å². The van der Waals surface area contributed by atoms with E-state index in [4.69, 9.17) is 11.6 Å². The molecule has 0 aliphatic rings. The van der Waals surface area contributed by atoms with Crippen LogP contribution in [0.1, 0.15) is 5.56 Å². The van der Waals surface area contributed by atoms with Crippen LogP contribution in [0.4, 0.5) is 0 Å². The van der Waals surface area contributed by atoms with Crippen molar-refractivity contribution in [1.82, 2.24) is 0 Å². The van der Waals surface area contributed by atoms with E-state index in [1.54, 1.807) is 0 Å². The van der Waals surface area contributed by atoms with E-state index in [2.05, 4.69) is 5.10 Å². The third-order valence-electron chi connectivity index (χ3n) is 1.42. The molecule has 0 heterocycles. The van der Waals surface area contributed by atoms with Crippen LogP contribution in [0.5, 0.6) is 0 Å². The molecule has 0 aliphatic carbocycles. The molecule has 0 N–H and O–H groups in total. The summed E-state index contributed by atoms with van der Waals surface area (Å²) in [7, 11) is 6.02. The van der Waals surface area contributed by atoms with Crippen LogP contribution in [0.15, 0.2) is 29.4 Å². The molecule has 0 saturated heterocycles. The van der Waals surface area contributed by atoms with Crippen molar-refractivity contribution in [2.24, 2.45) is 5.10 Å². The Morgan fingerprint density at radius 1 is 1.14 bits per heavy atom. The highest BCUT2D eigenvalue weighted by molar-refractivity contribution is 6.30. The Morgan fingerprint density at radius 3 is 2.07 bits per heavy atom. The lowest BCUT2D eigenvalue weighted by molar-refractivity contribution is -0.876. The Morgan fingerprint density at radius 2 is 1.64 bits per heavy atom. The van der Waals surface area contributed by atoms with Gasteiger partial charge in [-0.05, 0) is 17.7 Å². The molecule has 0 radical (unpaired) electrons. The first-order valence-corrected chi connectivity index (χ1v) is 4.48. The summed E-state index contributed by atoms with van der Waals surface area (Å²) in [6, 6.07) is 7.61. The minimum atomic E-state index is 0. The van der Waals surface area contributed by atoms with Gasteiger partial charge in [-0.2, -0.15) is 0 Å². The fourth-order valence-corrected chi connectivity index (χ4v) is 0.915. The van der Waals surface area contributed by atoms with Crippen molar-refractivity contribution < 1.29 is 28.6 Å². The van der Waals surface area contributed by atoms with Crippen LogP contribution in [0, 0.1) is 0 Å². The standard InChI is InChI=1S/C10H14ClN2.HI/c1-13(2,3)12-8-9-4-6-10(11)7-5-9;/h4-8H,1-3H3;1H/q+1;/p-1. The number of nitrogens with zero attached hydrogens (tertiary/aromatic N) is 2. The molecule has 0 aromatic heterocycles. The number of hydrogen-bond donors (Lipinski definition) is 0. The van der Waals surface area contributed by atoms with Crippen LogP contribution in [0.3, 0.4) is 0 Å². The van der Waals surface area contributed by atoms with Crippen LogP contribution in [-0.4, -0.2) is 31.9 Å². The van der Waals surface area contributed by atoms with Gasteiger partial charge in [0.1, 0.15) is 0 Å². The zero-order chi connectivity index (χ0) is 9.90. The number of benzene rings is 1. The summed E-state index contributed by atoms with van der Waals surface area (Å²) in [4.78, 5) is 0. The second-order valence-electron chi connectivity index (χ2n) is 3.74. The third kappa shape index (κ3) is 5.57. The molecule has 0 saturated carbocycles. The zero-order valence-electron chi connectivity index (χ0n) is 8.54. The smallest absolute Gasteiger partial charge is 0.0923 e. The van der Waals surface area contributed by atoms with Gasteiger partial charge in [0.15, 0.2) is 0 Å². The molecule has 1 rings (SSSR count). The van der Waals surface area contributed by atoms with Crippen LogP contribution >= 0.6 is 11.6 Å². The Balaban J connectivity index is 0.00000169. The van der Waals surface area contributed by atoms with E-state index in [1.165, 1.54) is 0 Å². The molecule has 0 amide bonds. The Kier molecular flexibility index (Phi) is 5.63. The minimum Gasteiger partial charge on any atom is -1.00 e. The molecule has 0 unspecified atom stereocenters. The lowest BCUT2D eigenvalue weighted by Gasteiger charge is -2.14. The zero-order valence-corrected chi connectivity index (χ0v) is 11.5. The highest BCUT2D eigenvalue weighted by Gasteiger charge is 2.01. The van der Waals surface area contributed by atoms with Crippen molar-refractivity contribution in [3.8, 4) is 0 Å². The van der Waals surface area contributed by atoms with Gasteiger partial charge in [0, 0.05) is 5.02 Å². The molecule has 1 aromatic carbocycles. The van der Waals surface area contributed by atoms with Gasteiger partial charge in [-0.15, -0.1) is 0 Å². The molecule has 0 bridgehead atoms. The van der Waals surface area contributed by atoms with E-state index in [-0.39, 0.29) is 24.0 Å². The van der Waals surface area contributed by atoms with Crippen LogP contribution in [0.25, 0.3) is 0 Å². The van der Waals surface area contributed by atoms with Gasteiger partial charge in [-0.1, -0.05) is 28.8 Å². The lowest BCUT2D eigenvalue weighted by Crippen LogP contribution is -3.00. The van der Waals surface area contributed by atoms with Crippen LogP contribution in [0.2, 0.25) is 5.02 Å². The van der Waals surface area contributed by atoms with Crippen LogP contribution in [-0.2, 0) is 0 Å². The summed E-state index contributed by atoms with van der Waals surface area (Å²) in [6.45, 7) is 0. The summed E-state index contributed by atoms with van der Waals surface area (Å²) in [5, 5.41) is 5.08. The molecule has 78 valence electrons. The average molecular weight is 325 g/mol. The summed E-state index contributed by atoms with van der Waals surface area (Å²) < 4.78 is 0.572. The third-order valence-corrected chi connectivity index (χ3v) is 1.68. The molecule has 0 aliphatic heterocycles. The topological polar surface area (TPSA) is 12.4 Å². The Bertz CT molecular complexity index is 301. The maximum absolute atomic E-state index is 5.75. The predicted molar refractivity (Wildman–Crippen MR) is 57.1 cm³/mol. The molecule has 2 nitrogen and oxygen atoms in total. The maximum Gasteiger partial charge on any atom is 0.0923 e. The van der Waals surface area contributed by atoms with Gasteiger partial charge in [0.05, 0.1) is 27.4 Å². The fourth-order valence-electron chi connectivity index (χ4n) is 0.789. The van der Waals surface area contributed by atoms with Crippen molar-refractivity contribution >= 4 is 17.8 Å². The molecule has 1 aromatic rings. The SMILES string of the molecule is C[N+](C)(C)N=Cc1ccc(Cl)cc1.[I-]. The molecule has 4 heteroatoms. The highest BCUT2D eigenvalue weighted by atomic mass is 127. The molecule has 0 fully saturated rings. The molecular formula is C10H14ClIN2. The van der Waals surface area contributed by atoms with E-state index >= 15 is 0 Å².